The molecule has 0 aliphatic carbocycles. The van der Waals surface area contributed by atoms with E-state index in [1.54, 1.807) is 0 Å². The normalized spacial score (nSPS) is 16.3. The second kappa shape index (κ2) is 7.26. The van der Waals surface area contributed by atoms with E-state index in [2.05, 4.69) is 9.05 Å². The maximum absolute atomic E-state index is 10.9. The molecule has 0 rings (SSSR count). The van der Waals surface area contributed by atoms with Gasteiger partial charge in [-0.25, -0.2) is 0 Å². The number of hydrogen-bond donors (Lipinski definition) is 4. The van der Waals surface area contributed by atoms with Crippen LogP contribution in [0.5, 0.6) is 0 Å². The van der Waals surface area contributed by atoms with Gasteiger partial charge in [0, 0.05) is 0 Å². The molecule has 0 heterocycles. The van der Waals surface area contributed by atoms with Crippen LogP contribution in [0.2, 0.25) is 0 Å². The minimum atomic E-state index is -4.62. The first-order valence-corrected chi connectivity index (χ1v) is 5.55. The van der Waals surface area contributed by atoms with Crippen molar-refractivity contribution in [2.45, 2.75) is 12.2 Å². The largest absolute Gasteiger partial charge is 0.756 e. The molecule has 0 aromatic rings. The highest BCUT2D eigenvalue weighted by Gasteiger charge is 2.14. The van der Waals surface area contributed by atoms with Gasteiger partial charge in [0.2, 0.25) is 0 Å². The van der Waals surface area contributed by atoms with E-state index in [1.807, 2.05) is 0 Å². The Morgan fingerprint density at radius 1 is 1.07 bits per heavy atom. The van der Waals surface area contributed by atoms with Crippen molar-refractivity contribution in [3.8, 4) is 0 Å². The molecule has 0 radical (unpaired) electrons. The topological polar surface area (TPSA) is 140 Å². The third kappa shape index (κ3) is 7.83. The standard InChI is InChI=1S/C6H15O8P/c7-1-5(9)3-13-15(11,12)14-4-6(10)2-8/h5-10H,1-4H2,(H,11,12)/p-1/t5-,6-/m0/s1. The zero-order valence-electron chi connectivity index (χ0n) is 7.85. The number of rotatable bonds is 8. The Morgan fingerprint density at radius 3 is 1.67 bits per heavy atom. The molecule has 0 aromatic carbocycles. The minimum absolute atomic E-state index is 0.632. The van der Waals surface area contributed by atoms with Crippen molar-refractivity contribution in [3.63, 3.8) is 0 Å². The molecule has 15 heavy (non-hydrogen) atoms. The van der Waals surface area contributed by atoms with Gasteiger partial charge < -0.3 is 34.4 Å². The summed E-state index contributed by atoms with van der Waals surface area (Å²) >= 11 is 0. The van der Waals surface area contributed by atoms with Crippen LogP contribution in [0.3, 0.4) is 0 Å². The van der Waals surface area contributed by atoms with Gasteiger partial charge in [-0.3, -0.25) is 4.57 Å². The third-order valence-electron chi connectivity index (χ3n) is 1.27. The van der Waals surface area contributed by atoms with E-state index in [1.165, 1.54) is 0 Å². The fraction of sp³-hybridized carbons (Fsp3) is 1.00. The molecule has 92 valence electrons. The van der Waals surface area contributed by atoms with E-state index < -0.39 is 46.5 Å². The monoisotopic (exact) mass is 245 g/mol. The molecule has 0 saturated carbocycles. The van der Waals surface area contributed by atoms with E-state index in [0.717, 1.165) is 0 Å². The Bertz CT molecular complexity index is 191. The van der Waals surface area contributed by atoms with Crippen LogP contribution >= 0.6 is 7.82 Å². The summed E-state index contributed by atoms with van der Waals surface area (Å²) in [5.41, 5.74) is 0. The third-order valence-corrected chi connectivity index (χ3v) is 2.20. The summed E-state index contributed by atoms with van der Waals surface area (Å²) in [6, 6.07) is 0. The average molecular weight is 245 g/mol. The van der Waals surface area contributed by atoms with E-state index in [-0.39, 0.29) is 0 Å². The molecule has 0 aromatic heterocycles. The first kappa shape index (κ1) is 14.9. The molecule has 0 aliphatic rings. The fourth-order valence-corrected chi connectivity index (χ4v) is 1.28. The number of phosphoric ester groups is 1. The highest BCUT2D eigenvalue weighted by Crippen LogP contribution is 2.38. The molecule has 8 nitrogen and oxygen atoms in total. The first-order chi connectivity index (χ1) is 6.91. The van der Waals surface area contributed by atoms with Gasteiger partial charge in [0.15, 0.2) is 0 Å². The molecular weight excluding hydrogens is 231 g/mol. The zero-order valence-corrected chi connectivity index (χ0v) is 8.75. The quantitative estimate of drug-likeness (QED) is 0.336. The molecule has 0 fully saturated rings. The summed E-state index contributed by atoms with van der Waals surface area (Å²) in [5.74, 6) is 0. The van der Waals surface area contributed by atoms with Gasteiger partial charge in [0.25, 0.3) is 7.82 Å². The maximum atomic E-state index is 10.9. The van der Waals surface area contributed by atoms with Crippen molar-refractivity contribution in [1.29, 1.82) is 0 Å². The molecule has 0 aliphatic heterocycles. The van der Waals surface area contributed by atoms with Crippen LogP contribution in [0, 0.1) is 0 Å². The Balaban J connectivity index is 3.81. The van der Waals surface area contributed by atoms with Crippen molar-refractivity contribution < 1.29 is 38.9 Å². The second-order valence-corrected chi connectivity index (χ2v) is 4.12. The molecule has 0 amide bonds. The molecule has 0 saturated heterocycles. The van der Waals surface area contributed by atoms with Crippen molar-refractivity contribution in [1.82, 2.24) is 0 Å². The Kier molecular flexibility index (Phi) is 7.24. The summed E-state index contributed by atoms with van der Waals surface area (Å²) in [5, 5.41) is 34.2. The fourth-order valence-electron chi connectivity index (χ4n) is 0.497. The van der Waals surface area contributed by atoms with Crippen LogP contribution < -0.4 is 4.89 Å². The Labute approximate surface area is 86.3 Å². The molecule has 0 spiro atoms. The number of phosphoric acid groups is 1. The number of aliphatic hydroxyl groups excluding tert-OH is 4. The highest BCUT2D eigenvalue weighted by atomic mass is 31.2. The van der Waals surface area contributed by atoms with Gasteiger partial charge in [-0.15, -0.1) is 0 Å². The first-order valence-electron chi connectivity index (χ1n) is 4.09. The van der Waals surface area contributed by atoms with Gasteiger partial charge in [-0.05, 0) is 0 Å². The molecular formula is C6H14O8P-. The lowest BCUT2D eigenvalue weighted by molar-refractivity contribution is -0.229. The lowest BCUT2D eigenvalue weighted by atomic mass is 10.4. The SMILES string of the molecule is O=P([O-])(OC[C@@H](O)CO)OC[C@@H](O)CO. The zero-order chi connectivity index (χ0) is 11.9. The predicted molar refractivity (Wildman–Crippen MR) is 45.7 cm³/mol. The van der Waals surface area contributed by atoms with Gasteiger partial charge in [-0.2, -0.15) is 0 Å². The van der Waals surface area contributed by atoms with Gasteiger partial charge in [-0.1, -0.05) is 0 Å². The van der Waals surface area contributed by atoms with E-state index >= 15 is 0 Å². The van der Waals surface area contributed by atoms with Crippen LogP contribution in [0.15, 0.2) is 0 Å². The van der Waals surface area contributed by atoms with E-state index in [4.69, 9.17) is 20.4 Å². The number of hydrogen-bond acceptors (Lipinski definition) is 8. The summed E-state index contributed by atoms with van der Waals surface area (Å²) in [4.78, 5) is 10.9. The summed E-state index contributed by atoms with van der Waals surface area (Å²) in [6.45, 7) is -2.54. The maximum Gasteiger partial charge on any atom is 0.268 e. The summed E-state index contributed by atoms with van der Waals surface area (Å²) in [6.07, 6.45) is -2.64. The molecule has 0 unspecified atom stereocenters. The average Bonchev–Trinajstić information content (AvgIpc) is 2.22. The van der Waals surface area contributed by atoms with Gasteiger partial charge in [0.05, 0.1) is 26.4 Å². The second-order valence-electron chi connectivity index (χ2n) is 2.71. The van der Waals surface area contributed by atoms with Crippen LogP contribution in [-0.4, -0.2) is 59.1 Å². The highest BCUT2D eigenvalue weighted by molar-refractivity contribution is 7.45. The molecule has 9 heteroatoms. The molecule has 0 bridgehead atoms. The summed E-state index contributed by atoms with van der Waals surface area (Å²) < 4.78 is 19.2. The minimum Gasteiger partial charge on any atom is -0.756 e. The van der Waals surface area contributed by atoms with E-state index in [9.17, 15) is 9.46 Å². The van der Waals surface area contributed by atoms with Gasteiger partial charge >= 0.3 is 0 Å². The summed E-state index contributed by atoms with van der Waals surface area (Å²) in [7, 11) is -4.62. The van der Waals surface area contributed by atoms with Crippen molar-refractivity contribution in [2.75, 3.05) is 26.4 Å². The Hall–Kier alpha value is -0.0500. The van der Waals surface area contributed by atoms with Crippen molar-refractivity contribution >= 4 is 7.82 Å². The Morgan fingerprint density at radius 2 is 1.40 bits per heavy atom. The lowest BCUT2D eigenvalue weighted by Crippen LogP contribution is -2.24. The van der Waals surface area contributed by atoms with Gasteiger partial charge in [0.1, 0.15) is 12.2 Å². The van der Waals surface area contributed by atoms with Crippen molar-refractivity contribution in [2.24, 2.45) is 0 Å². The van der Waals surface area contributed by atoms with E-state index in [0.29, 0.717) is 0 Å². The van der Waals surface area contributed by atoms with Crippen LogP contribution in [0.4, 0.5) is 0 Å². The van der Waals surface area contributed by atoms with Crippen LogP contribution in [0.25, 0.3) is 0 Å². The van der Waals surface area contributed by atoms with Crippen LogP contribution in [-0.2, 0) is 13.6 Å². The van der Waals surface area contributed by atoms with Crippen molar-refractivity contribution in [3.05, 3.63) is 0 Å². The lowest BCUT2D eigenvalue weighted by Gasteiger charge is -2.24. The molecule has 2 atom stereocenters. The smallest absolute Gasteiger partial charge is 0.268 e. The van der Waals surface area contributed by atoms with Crippen LogP contribution in [0.1, 0.15) is 0 Å². The molecule has 4 N–H and O–H groups in total. The number of aliphatic hydroxyl groups is 4. The predicted octanol–water partition coefficient (Wildman–Crippen LogP) is -2.81.